The zero-order chi connectivity index (χ0) is 45.0. The largest absolute Gasteiger partial charge is 0.441 e. The van der Waals surface area contributed by atoms with Gasteiger partial charge >= 0.3 is 12.2 Å². The van der Waals surface area contributed by atoms with Gasteiger partial charge in [-0.1, -0.05) is 34.1 Å². The summed E-state index contributed by atoms with van der Waals surface area (Å²) in [5, 5.41) is 5.66. The third-order valence-corrected chi connectivity index (χ3v) is 13.1. The summed E-state index contributed by atoms with van der Waals surface area (Å²) in [5.41, 5.74) is 0.579. The number of carbonyl (C=O) groups excluding carboxylic acids is 2. The zero-order valence-electron chi connectivity index (χ0n) is 39.3. The van der Waals surface area contributed by atoms with E-state index < -0.39 is 24.4 Å². The van der Waals surface area contributed by atoms with Crippen LogP contribution in [0.25, 0.3) is 0 Å². The lowest BCUT2D eigenvalue weighted by atomic mass is 9.68. The fourth-order valence-electron chi connectivity index (χ4n) is 7.54. The summed E-state index contributed by atoms with van der Waals surface area (Å²) in [5.74, 6) is 0. The molecule has 63 heavy (non-hydrogen) atoms. The van der Waals surface area contributed by atoms with Crippen LogP contribution in [-0.4, -0.2) is 183 Å². The number of hydrogen-bond donors (Lipinski definition) is 2. The minimum Gasteiger partial charge on any atom is -0.441 e. The maximum absolute atomic E-state index is 12.7. The molecule has 1 aliphatic carbocycles. The van der Waals surface area contributed by atoms with Crippen LogP contribution in [0.2, 0.25) is 0 Å². The van der Waals surface area contributed by atoms with Crippen LogP contribution in [-0.2, 0) is 61.6 Å². The lowest BCUT2D eigenvalue weighted by Gasteiger charge is -2.40. The van der Waals surface area contributed by atoms with E-state index in [0.29, 0.717) is 130 Å². The van der Waals surface area contributed by atoms with Crippen molar-refractivity contribution in [3.05, 3.63) is 0 Å². The third-order valence-electron chi connectivity index (χ3n) is 13.1. The molecule has 4 aliphatic rings. The number of amides is 2. The molecule has 3 aliphatic heterocycles. The smallest absolute Gasteiger partial charge is 0.407 e. The molecule has 0 bridgehead atoms. The molecule has 0 aromatic heterocycles. The molecule has 0 spiro atoms. The first-order valence-electron chi connectivity index (χ1n) is 24.0. The predicted octanol–water partition coefficient (Wildman–Crippen LogP) is 5.34. The van der Waals surface area contributed by atoms with E-state index in [9.17, 15) is 9.59 Å². The Labute approximate surface area is 377 Å². The van der Waals surface area contributed by atoms with E-state index in [1.807, 2.05) is 0 Å². The molecule has 0 radical (unpaired) electrons. The quantitative estimate of drug-likeness (QED) is 0.0753. The van der Waals surface area contributed by atoms with E-state index in [4.69, 9.17) is 61.6 Å². The van der Waals surface area contributed by atoms with Gasteiger partial charge in [-0.3, -0.25) is 0 Å². The zero-order valence-corrected chi connectivity index (χ0v) is 39.3. The maximum atomic E-state index is 12.7. The molecule has 2 N–H and O–H groups in total. The van der Waals surface area contributed by atoms with Crippen LogP contribution in [0.15, 0.2) is 0 Å². The molecule has 0 aromatic carbocycles. The van der Waals surface area contributed by atoms with Crippen molar-refractivity contribution < 1.29 is 71.2 Å². The van der Waals surface area contributed by atoms with Gasteiger partial charge in [0, 0.05) is 29.3 Å². The van der Waals surface area contributed by atoms with Gasteiger partial charge in [0.2, 0.25) is 0 Å². The molecule has 2 amide bonds. The van der Waals surface area contributed by atoms with Crippen LogP contribution in [0.4, 0.5) is 9.59 Å². The van der Waals surface area contributed by atoms with E-state index in [2.05, 4.69) is 38.3 Å². The minimum absolute atomic E-state index is 0.0179. The van der Waals surface area contributed by atoms with Crippen molar-refractivity contribution in [3.63, 3.8) is 0 Å². The van der Waals surface area contributed by atoms with Gasteiger partial charge in [-0.25, -0.2) is 9.59 Å². The van der Waals surface area contributed by atoms with Crippen LogP contribution in [0.3, 0.4) is 0 Å². The second-order valence-corrected chi connectivity index (χ2v) is 18.2. The summed E-state index contributed by atoms with van der Waals surface area (Å²) in [7, 11) is 0. The number of nitrogens with one attached hydrogen (secondary N) is 2. The van der Waals surface area contributed by atoms with Crippen molar-refractivity contribution >= 4 is 12.2 Å². The van der Waals surface area contributed by atoms with Crippen molar-refractivity contribution in [1.29, 1.82) is 0 Å². The summed E-state index contributed by atoms with van der Waals surface area (Å²) >= 11 is 0. The number of carbonyl (C=O) groups is 2. The lowest BCUT2D eigenvalue weighted by Crippen LogP contribution is -2.46. The van der Waals surface area contributed by atoms with Crippen molar-refractivity contribution in [2.24, 2.45) is 21.7 Å². The maximum Gasteiger partial charge on any atom is 0.407 e. The SMILES string of the molecule is CCC1(COCCOCCOCC(COCC2(CC)COC2)OC(=O)NCCCCCNC(=O)OC(COCCOCCOCC2(CC)COC2)COCC2(CC)COC2)CCC1. The highest BCUT2D eigenvalue weighted by Gasteiger charge is 2.39. The Morgan fingerprint density at radius 1 is 0.444 bits per heavy atom. The number of ether oxygens (including phenoxy) is 13. The van der Waals surface area contributed by atoms with Crippen LogP contribution in [0.1, 0.15) is 91.9 Å². The van der Waals surface area contributed by atoms with Crippen molar-refractivity contribution in [1.82, 2.24) is 10.6 Å². The standard InChI is InChI=1S/C46H84N2O15/c1-5-43(13-12-14-43)29-55-23-19-51-17-21-53-25-39(27-57-31-45(7-3)35-60-36-45)62-41(49)47-15-10-9-11-16-48-42(50)63-40(28-58-32-46(8-4)37-61-38-46)26-54-22-18-52-20-24-56-30-44(6-2)33-59-34-44/h39-40H,5-38H2,1-4H3,(H,47,49)(H,48,50). The number of hydrogen-bond acceptors (Lipinski definition) is 15. The molecule has 2 unspecified atom stereocenters. The highest BCUT2D eigenvalue weighted by atomic mass is 16.6. The molecule has 3 saturated heterocycles. The van der Waals surface area contributed by atoms with E-state index in [1.165, 1.54) is 19.3 Å². The Kier molecular flexibility index (Phi) is 25.9. The Balaban J connectivity index is 1.04. The van der Waals surface area contributed by atoms with Crippen molar-refractivity contribution in [2.45, 2.75) is 104 Å². The lowest BCUT2D eigenvalue weighted by molar-refractivity contribution is -0.157. The Morgan fingerprint density at radius 2 is 0.778 bits per heavy atom. The van der Waals surface area contributed by atoms with E-state index >= 15 is 0 Å². The number of unbranched alkanes of at least 4 members (excludes halogenated alkanes) is 2. The summed E-state index contributed by atoms with van der Waals surface area (Å²) in [6.45, 7) is 20.7. The fraction of sp³-hybridized carbons (Fsp3) is 0.957. The number of rotatable bonds is 40. The minimum atomic E-state index is -0.582. The molecular formula is C46H84N2O15. The van der Waals surface area contributed by atoms with Crippen molar-refractivity contribution in [2.75, 3.05) is 158 Å². The Hall–Kier alpha value is -1.90. The van der Waals surface area contributed by atoms with Crippen LogP contribution in [0, 0.1) is 21.7 Å². The van der Waals surface area contributed by atoms with Crippen LogP contribution < -0.4 is 10.6 Å². The van der Waals surface area contributed by atoms with Gasteiger partial charge in [-0.05, 0) is 63.2 Å². The van der Waals surface area contributed by atoms with Gasteiger partial charge in [-0.15, -0.1) is 0 Å². The molecular weight excluding hydrogens is 821 g/mol. The molecule has 4 fully saturated rings. The molecule has 3 heterocycles. The molecule has 368 valence electrons. The Bertz CT molecular complexity index is 1100. The van der Waals surface area contributed by atoms with Crippen LogP contribution >= 0.6 is 0 Å². The monoisotopic (exact) mass is 905 g/mol. The van der Waals surface area contributed by atoms with Gasteiger partial charge in [0.1, 0.15) is 0 Å². The number of alkyl carbamates (subject to hydrolysis) is 2. The van der Waals surface area contributed by atoms with Crippen LogP contribution in [0.5, 0.6) is 0 Å². The van der Waals surface area contributed by atoms with Gasteiger partial charge < -0.3 is 72.2 Å². The highest BCUT2D eigenvalue weighted by Crippen LogP contribution is 2.43. The summed E-state index contributed by atoms with van der Waals surface area (Å²) in [4.78, 5) is 25.5. The molecule has 17 nitrogen and oxygen atoms in total. The summed E-state index contributed by atoms with van der Waals surface area (Å²) in [6, 6.07) is 0. The molecule has 1 saturated carbocycles. The first kappa shape index (κ1) is 53.7. The van der Waals surface area contributed by atoms with Gasteiger partial charge in [-0.2, -0.15) is 0 Å². The van der Waals surface area contributed by atoms with Gasteiger partial charge in [0.05, 0.1) is 145 Å². The molecule has 2 atom stereocenters. The normalized spacial score (nSPS) is 20.0. The van der Waals surface area contributed by atoms with Crippen molar-refractivity contribution in [3.8, 4) is 0 Å². The second kappa shape index (κ2) is 30.4. The van der Waals surface area contributed by atoms with E-state index in [-0.39, 0.29) is 42.7 Å². The van der Waals surface area contributed by atoms with E-state index in [0.717, 1.165) is 51.9 Å². The van der Waals surface area contributed by atoms with Gasteiger partial charge in [0.25, 0.3) is 0 Å². The average Bonchev–Trinajstić information content (AvgIpc) is 3.22. The summed E-state index contributed by atoms with van der Waals surface area (Å²) in [6.07, 6.45) is 7.90. The summed E-state index contributed by atoms with van der Waals surface area (Å²) < 4.78 is 74.2. The second-order valence-electron chi connectivity index (χ2n) is 18.2. The molecule has 4 rings (SSSR count). The molecule has 0 aromatic rings. The first-order valence-corrected chi connectivity index (χ1v) is 24.0. The third kappa shape index (κ3) is 20.2. The van der Waals surface area contributed by atoms with Gasteiger partial charge in [0.15, 0.2) is 12.2 Å². The predicted molar refractivity (Wildman–Crippen MR) is 234 cm³/mol. The fourth-order valence-corrected chi connectivity index (χ4v) is 7.54. The Morgan fingerprint density at radius 3 is 1.11 bits per heavy atom. The topological polar surface area (TPSA) is 178 Å². The molecule has 17 heteroatoms. The first-order chi connectivity index (χ1) is 30.7. The van der Waals surface area contributed by atoms with E-state index in [1.54, 1.807) is 0 Å². The highest BCUT2D eigenvalue weighted by molar-refractivity contribution is 5.67. The average molecular weight is 905 g/mol.